The van der Waals surface area contributed by atoms with Gasteiger partial charge in [0.15, 0.2) is 0 Å². The first-order chi connectivity index (χ1) is 26.3. The molecule has 8 heteroatoms. The minimum Gasteiger partial charge on any atom is -0.508 e. The summed E-state index contributed by atoms with van der Waals surface area (Å²) in [5.74, 6) is 2.49. The van der Waals surface area contributed by atoms with Crippen molar-refractivity contribution >= 4 is 28.1 Å². The smallest absolute Gasteiger partial charge is 0.344 e. The van der Waals surface area contributed by atoms with Crippen molar-refractivity contribution < 1.29 is 33.3 Å². The Hall–Kier alpha value is -7.06. The second-order valence-electron chi connectivity index (χ2n) is 12.4. The lowest BCUT2D eigenvalue weighted by Gasteiger charge is -2.25. The summed E-state index contributed by atoms with van der Waals surface area (Å²) >= 11 is 0. The van der Waals surface area contributed by atoms with Gasteiger partial charge in [-0.2, -0.15) is 0 Å². The van der Waals surface area contributed by atoms with Gasteiger partial charge in [0.1, 0.15) is 40.9 Å². The third-order valence-corrected chi connectivity index (χ3v) is 8.99. The molecule has 1 aliphatic heterocycles. The molecule has 0 spiro atoms. The highest BCUT2D eigenvalue weighted by Gasteiger charge is 2.23. The predicted molar refractivity (Wildman–Crippen MR) is 210 cm³/mol. The molecule has 0 saturated carbocycles. The Bertz CT molecular complexity index is 2520. The van der Waals surface area contributed by atoms with Crippen molar-refractivity contribution in [2.24, 2.45) is 0 Å². The van der Waals surface area contributed by atoms with Crippen molar-refractivity contribution in [1.29, 1.82) is 0 Å². The fourth-order valence-corrected chi connectivity index (χ4v) is 6.50. The van der Waals surface area contributed by atoms with Gasteiger partial charge < -0.3 is 28.5 Å². The lowest BCUT2D eigenvalue weighted by molar-refractivity contribution is -0.131. The summed E-state index contributed by atoms with van der Waals surface area (Å²) in [5, 5.41) is 10.4. The highest BCUT2D eigenvalue weighted by Crippen LogP contribution is 2.43. The van der Waals surface area contributed by atoms with Crippen LogP contribution in [-0.2, 0) is 4.79 Å². The molecule has 0 aliphatic carbocycles. The van der Waals surface area contributed by atoms with E-state index in [0.29, 0.717) is 29.3 Å². The van der Waals surface area contributed by atoms with E-state index >= 15 is 0 Å². The van der Waals surface area contributed by atoms with Crippen LogP contribution in [0.2, 0.25) is 0 Å². The third-order valence-electron chi connectivity index (χ3n) is 8.99. The maximum Gasteiger partial charge on any atom is 0.344 e. The lowest BCUT2D eigenvalue weighted by atomic mass is 9.88. The number of esters is 1. The van der Waals surface area contributed by atoms with Crippen LogP contribution >= 0.6 is 0 Å². The average molecular weight is 717 g/mol. The summed E-state index contributed by atoms with van der Waals surface area (Å²) in [6.45, 7) is 1.84. The molecule has 0 atom stereocenters. The number of hydrogen-bond acceptors (Lipinski definition) is 8. The maximum atomic E-state index is 13.0. The number of carbonyl (C=O) groups is 1. The number of hydrogen-bond donors (Lipinski definition) is 1. The molecule has 0 radical (unpaired) electrons. The van der Waals surface area contributed by atoms with E-state index in [1.807, 2.05) is 103 Å². The molecule has 0 saturated heterocycles. The van der Waals surface area contributed by atoms with Crippen LogP contribution in [0.15, 0.2) is 155 Å². The summed E-state index contributed by atoms with van der Waals surface area (Å²) in [4.78, 5) is 24.2. The van der Waals surface area contributed by atoms with Gasteiger partial charge in [0, 0.05) is 41.1 Å². The van der Waals surface area contributed by atoms with Gasteiger partial charge in [0.05, 0.1) is 19.8 Å². The van der Waals surface area contributed by atoms with Crippen LogP contribution in [0.25, 0.3) is 44.4 Å². The van der Waals surface area contributed by atoms with Crippen molar-refractivity contribution in [3.05, 3.63) is 173 Å². The van der Waals surface area contributed by atoms with E-state index in [4.69, 9.17) is 23.4 Å². The summed E-state index contributed by atoms with van der Waals surface area (Å²) in [6, 6.07) is 45.3. The molecule has 1 N–H and O–H groups in total. The first-order valence-corrected chi connectivity index (χ1v) is 17.2. The van der Waals surface area contributed by atoms with E-state index in [9.17, 15) is 14.7 Å². The van der Waals surface area contributed by atoms with E-state index in [2.05, 4.69) is 12.1 Å². The molecule has 8 rings (SSSR count). The largest absolute Gasteiger partial charge is 0.508 e. The Kier molecular flexibility index (Phi) is 10.3. The van der Waals surface area contributed by atoms with Gasteiger partial charge in [-0.1, -0.05) is 84.9 Å². The molecule has 0 fully saturated rings. The average Bonchev–Trinajstić information content (AvgIpc) is 3.21. The predicted octanol–water partition coefficient (Wildman–Crippen LogP) is 9.81. The first kappa shape index (κ1) is 35.3. The Morgan fingerprint density at radius 1 is 0.630 bits per heavy atom. The Balaban J connectivity index is 0.000000168. The van der Waals surface area contributed by atoms with Crippen molar-refractivity contribution in [1.82, 2.24) is 0 Å². The van der Waals surface area contributed by atoms with Gasteiger partial charge in [-0.15, -0.1) is 0 Å². The van der Waals surface area contributed by atoms with E-state index in [1.54, 1.807) is 44.6 Å². The molecular formula is C46H36O8. The van der Waals surface area contributed by atoms with E-state index in [-0.39, 0.29) is 11.7 Å². The monoisotopic (exact) mass is 716 g/mol. The molecule has 6 aromatic carbocycles. The molecule has 0 amide bonds. The number of ether oxygens (including phenoxy) is 4. The normalized spacial score (nSPS) is 11.8. The zero-order valence-electron chi connectivity index (χ0n) is 29.9. The van der Waals surface area contributed by atoms with Gasteiger partial charge >= 0.3 is 11.6 Å². The highest BCUT2D eigenvalue weighted by molar-refractivity contribution is 6.02. The Labute approximate surface area is 312 Å². The zero-order valence-corrected chi connectivity index (χ0v) is 29.9. The van der Waals surface area contributed by atoms with Crippen LogP contribution < -0.4 is 24.6 Å². The molecule has 268 valence electrons. The van der Waals surface area contributed by atoms with Gasteiger partial charge in [-0.25, -0.2) is 4.79 Å². The number of carbonyl (C=O) groups excluding carboxylic acids is 1. The molecule has 0 bridgehead atoms. The molecule has 0 unspecified atom stereocenters. The number of rotatable bonds is 7. The van der Waals surface area contributed by atoms with Gasteiger partial charge in [-0.05, 0) is 76.4 Å². The molecule has 8 nitrogen and oxygen atoms in total. The van der Waals surface area contributed by atoms with Crippen LogP contribution in [0.1, 0.15) is 23.6 Å². The molecule has 2 heterocycles. The van der Waals surface area contributed by atoms with Gasteiger partial charge in [0.25, 0.3) is 0 Å². The quantitative estimate of drug-likeness (QED) is 0.0988. The Morgan fingerprint density at radius 2 is 1.20 bits per heavy atom. The number of fused-ring (bicyclic) bond motifs is 2. The zero-order chi connectivity index (χ0) is 37.6. The van der Waals surface area contributed by atoms with E-state index in [0.717, 1.165) is 61.4 Å². The summed E-state index contributed by atoms with van der Waals surface area (Å²) in [7, 11) is 3.21. The molecule has 1 aromatic heterocycles. The third kappa shape index (κ3) is 7.45. The van der Waals surface area contributed by atoms with Crippen LogP contribution in [-0.4, -0.2) is 31.9 Å². The Morgan fingerprint density at radius 3 is 1.85 bits per heavy atom. The van der Waals surface area contributed by atoms with Crippen LogP contribution in [0.3, 0.4) is 0 Å². The van der Waals surface area contributed by atoms with Gasteiger partial charge in [0.2, 0.25) is 0 Å². The number of aromatic hydroxyl groups is 1. The lowest BCUT2D eigenvalue weighted by Crippen LogP contribution is -2.11. The number of phenolic OH excluding ortho intramolecular Hbond substituents is 1. The van der Waals surface area contributed by atoms with Crippen LogP contribution in [0.5, 0.6) is 28.7 Å². The minimum atomic E-state index is -0.434. The molecule has 1 aliphatic rings. The first-order valence-electron chi connectivity index (χ1n) is 17.2. The molecule has 7 aromatic rings. The second-order valence-corrected chi connectivity index (χ2v) is 12.4. The highest BCUT2D eigenvalue weighted by atomic mass is 16.5. The van der Waals surface area contributed by atoms with Crippen LogP contribution in [0.4, 0.5) is 0 Å². The second kappa shape index (κ2) is 15.7. The fraction of sp³-hybridized carbons (Fsp3) is 0.0870. The van der Waals surface area contributed by atoms with E-state index in [1.165, 1.54) is 6.92 Å². The number of phenols is 1. The summed E-state index contributed by atoms with van der Waals surface area (Å²) in [5.41, 5.74) is 8.25. The SMILES string of the molecule is COc1ccc2c(-c3ccc(OC(C)=O)cc3)c(-c3ccccc3)c(=O)oc2c1.COc1ccc2c(c1)OCC(c1ccccc1)=C2c1ccc(O)cc1. The summed E-state index contributed by atoms with van der Waals surface area (Å²) in [6.07, 6.45) is 0. The van der Waals surface area contributed by atoms with Gasteiger partial charge in [-0.3, -0.25) is 4.79 Å². The molecule has 54 heavy (non-hydrogen) atoms. The number of methoxy groups -OCH3 is 2. The maximum absolute atomic E-state index is 13.0. The van der Waals surface area contributed by atoms with Crippen molar-refractivity contribution in [2.45, 2.75) is 6.92 Å². The standard InChI is InChI=1S/C24H18O5.C22H18O3/c1-15(25)28-18-10-8-17(9-11-18)22-20-13-12-19(27-2)14-21(20)29-24(26)23(22)16-6-4-3-5-7-16;1-24-18-11-12-19-21(13-18)25-14-20(15-5-3-2-4-6-15)22(19)16-7-9-17(23)10-8-16/h3-14H,1-2H3;2-13,23H,14H2,1H3. The minimum absolute atomic E-state index is 0.257. The van der Waals surface area contributed by atoms with Crippen LogP contribution in [0, 0.1) is 0 Å². The van der Waals surface area contributed by atoms with Crippen molar-refractivity contribution in [3.8, 4) is 51.0 Å². The summed E-state index contributed by atoms with van der Waals surface area (Å²) < 4.78 is 27.4. The fourth-order valence-electron chi connectivity index (χ4n) is 6.50. The van der Waals surface area contributed by atoms with Crippen molar-refractivity contribution in [2.75, 3.05) is 20.8 Å². The molecular weight excluding hydrogens is 680 g/mol. The van der Waals surface area contributed by atoms with Crippen molar-refractivity contribution in [3.63, 3.8) is 0 Å². The van der Waals surface area contributed by atoms with E-state index < -0.39 is 5.63 Å². The topological polar surface area (TPSA) is 104 Å². The number of benzene rings is 6.